The highest BCUT2D eigenvalue weighted by molar-refractivity contribution is 6.31. The molecular formula is C13H18ClN5. The van der Waals surface area contributed by atoms with Gasteiger partial charge in [0, 0.05) is 18.9 Å². The molecule has 0 fully saturated rings. The van der Waals surface area contributed by atoms with Crippen molar-refractivity contribution in [2.75, 3.05) is 6.54 Å². The molecule has 0 saturated heterocycles. The number of hydrogen-bond acceptors (Lipinski definition) is 4. The Balaban J connectivity index is 1.92. The molecule has 0 amide bonds. The predicted octanol–water partition coefficient (Wildman–Crippen LogP) is 2.12. The standard InChI is InChI=1S/C13H18ClN5/c1-10(2)5-16-6-12-9-19(18-17-12)8-11-3-4-15-7-13(11)14/h3-4,7,9-10,16H,5-6,8H2,1-2H3. The molecule has 2 rings (SSSR count). The zero-order valence-corrected chi connectivity index (χ0v) is 11.9. The largest absolute Gasteiger partial charge is 0.311 e. The molecule has 0 spiro atoms. The van der Waals surface area contributed by atoms with Gasteiger partial charge in [-0.05, 0) is 24.1 Å². The quantitative estimate of drug-likeness (QED) is 0.880. The van der Waals surface area contributed by atoms with Crippen LogP contribution in [0.15, 0.2) is 24.7 Å². The molecule has 19 heavy (non-hydrogen) atoms. The first-order valence-corrected chi connectivity index (χ1v) is 6.71. The lowest BCUT2D eigenvalue weighted by molar-refractivity contribution is 0.548. The van der Waals surface area contributed by atoms with Crippen molar-refractivity contribution in [1.29, 1.82) is 0 Å². The minimum atomic E-state index is 0.610. The van der Waals surface area contributed by atoms with Crippen LogP contribution < -0.4 is 5.32 Å². The van der Waals surface area contributed by atoms with Crippen molar-refractivity contribution in [3.8, 4) is 0 Å². The van der Waals surface area contributed by atoms with Gasteiger partial charge < -0.3 is 5.32 Å². The van der Waals surface area contributed by atoms with Crippen molar-refractivity contribution >= 4 is 11.6 Å². The van der Waals surface area contributed by atoms with Crippen molar-refractivity contribution < 1.29 is 0 Å². The van der Waals surface area contributed by atoms with E-state index in [0.29, 0.717) is 17.5 Å². The predicted molar refractivity (Wildman–Crippen MR) is 74.9 cm³/mol. The minimum absolute atomic E-state index is 0.610. The van der Waals surface area contributed by atoms with Crippen molar-refractivity contribution in [2.24, 2.45) is 5.92 Å². The van der Waals surface area contributed by atoms with Gasteiger partial charge in [-0.15, -0.1) is 5.10 Å². The maximum atomic E-state index is 6.06. The molecule has 102 valence electrons. The van der Waals surface area contributed by atoms with E-state index < -0.39 is 0 Å². The highest BCUT2D eigenvalue weighted by atomic mass is 35.5. The Hall–Kier alpha value is -1.46. The van der Waals surface area contributed by atoms with Crippen LogP contribution >= 0.6 is 11.6 Å². The summed E-state index contributed by atoms with van der Waals surface area (Å²) >= 11 is 6.06. The van der Waals surface area contributed by atoms with E-state index >= 15 is 0 Å². The molecule has 0 unspecified atom stereocenters. The molecule has 2 aromatic heterocycles. The topological polar surface area (TPSA) is 55.6 Å². The third kappa shape index (κ3) is 4.29. The average molecular weight is 280 g/mol. The Morgan fingerprint density at radius 1 is 1.42 bits per heavy atom. The van der Waals surface area contributed by atoms with Crippen LogP contribution in [0.25, 0.3) is 0 Å². The molecule has 0 aliphatic carbocycles. The van der Waals surface area contributed by atoms with E-state index in [0.717, 1.165) is 24.3 Å². The fraction of sp³-hybridized carbons (Fsp3) is 0.462. The highest BCUT2D eigenvalue weighted by Gasteiger charge is 2.04. The van der Waals surface area contributed by atoms with Crippen LogP contribution in [0.4, 0.5) is 0 Å². The van der Waals surface area contributed by atoms with Gasteiger partial charge in [-0.3, -0.25) is 4.98 Å². The van der Waals surface area contributed by atoms with E-state index in [2.05, 4.69) is 34.5 Å². The van der Waals surface area contributed by atoms with Gasteiger partial charge in [0.2, 0.25) is 0 Å². The van der Waals surface area contributed by atoms with Gasteiger partial charge in [0.1, 0.15) is 0 Å². The van der Waals surface area contributed by atoms with E-state index in [4.69, 9.17) is 11.6 Å². The number of halogens is 1. The molecule has 0 aliphatic heterocycles. The Kier molecular flexibility index (Phi) is 4.87. The van der Waals surface area contributed by atoms with Crippen molar-refractivity contribution in [2.45, 2.75) is 26.9 Å². The van der Waals surface area contributed by atoms with E-state index in [1.54, 1.807) is 17.1 Å². The third-order valence-corrected chi connectivity index (χ3v) is 2.97. The summed E-state index contributed by atoms with van der Waals surface area (Å²) in [6, 6.07) is 1.89. The van der Waals surface area contributed by atoms with Gasteiger partial charge in [-0.1, -0.05) is 30.7 Å². The summed E-state index contributed by atoms with van der Waals surface area (Å²) in [6.07, 6.45) is 5.30. The Labute approximate surface area is 118 Å². The first-order valence-electron chi connectivity index (χ1n) is 6.33. The summed E-state index contributed by atoms with van der Waals surface area (Å²) in [7, 11) is 0. The number of hydrogen-bond donors (Lipinski definition) is 1. The van der Waals surface area contributed by atoms with Crippen LogP contribution in [0.3, 0.4) is 0 Å². The maximum Gasteiger partial charge on any atom is 0.0964 e. The summed E-state index contributed by atoms with van der Waals surface area (Å²) in [6.45, 7) is 6.68. The Bertz CT molecular complexity index is 523. The number of aromatic nitrogens is 4. The van der Waals surface area contributed by atoms with Crippen LogP contribution in [0.5, 0.6) is 0 Å². The molecule has 6 heteroatoms. The Morgan fingerprint density at radius 2 is 2.26 bits per heavy atom. The monoisotopic (exact) mass is 279 g/mol. The lowest BCUT2D eigenvalue weighted by Gasteiger charge is -2.04. The van der Waals surface area contributed by atoms with Crippen LogP contribution in [-0.2, 0) is 13.1 Å². The van der Waals surface area contributed by atoms with E-state index in [9.17, 15) is 0 Å². The zero-order chi connectivity index (χ0) is 13.7. The lowest BCUT2D eigenvalue weighted by atomic mass is 10.2. The number of nitrogens with zero attached hydrogens (tertiary/aromatic N) is 4. The van der Waals surface area contributed by atoms with Gasteiger partial charge in [0.25, 0.3) is 0 Å². The molecule has 0 bridgehead atoms. The summed E-state index contributed by atoms with van der Waals surface area (Å²) < 4.78 is 1.79. The summed E-state index contributed by atoms with van der Waals surface area (Å²) in [5.74, 6) is 0.630. The van der Waals surface area contributed by atoms with Gasteiger partial charge in [-0.2, -0.15) is 0 Å². The van der Waals surface area contributed by atoms with Gasteiger partial charge in [0.15, 0.2) is 0 Å². The smallest absolute Gasteiger partial charge is 0.0964 e. The highest BCUT2D eigenvalue weighted by Crippen LogP contribution is 2.14. The average Bonchev–Trinajstić information content (AvgIpc) is 2.79. The first kappa shape index (κ1) is 14.0. The molecule has 2 aromatic rings. The summed E-state index contributed by atoms with van der Waals surface area (Å²) in [5.41, 5.74) is 1.93. The zero-order valence-electron chi connectivity index (χ0n) is 11.2. The van der Waals surface area contributed by atoms with Crippen molar-refractivity contribution in [3.05, 3.63) is 40.9 Å². The van der Waals surface area contributed by atoms with Crippen LogP contribution in [-0.4, -0.2) is 26.5 Å². The van der Waals surface area contributed by atoms with E-state index in [1.807, 2.05) is 12.3 Å². The van der Waals surface area contributed by atoms with Crippen LogP contribution in [0.1, 0.15) is 25.1 Å². The molecule has 0 atom stereocenters. The summed E-state index contributed by atoms with van der Waals surface area (Å²) in [4.78, 5) is 3.96. The molecule has 5 nitrogen and oxygen atoms in total. The van der Waals surface area contributed by atoms with Crippen molar-refractivity contribution in [3.63, 3.8) is 0 Å². The summed E-state index contributed by atoms with van der Waals surface area (Å²) in [5, 5.41) is 12.2. The lowest BCUT2D eigenvalue weighted by Crippen LogP contribution is -2.19. The normalized spacial score (nSPS) is 11.2. The molecule has 1 N–H and O–H groups in total. The third-order valence-electron chi connectivity index (χ3n) is 2.63. The molecule has 0 aromatic carbocycles. The van der Waals surface area contributed by atoms with Gasteiger partial charge in [-0.25, -0.2) is 4.68 Å². The maximum absolute atomic E-state index is 6.06. The second kappa shape index (κ2) is 6.63. The number of nitrogens with one attached hydrogen (secondary N) is 1. The molecule has 2 heterocycles. The van der Waals surface area contributed by atoms with Crippen LogP contribution in [0.2, 0.25) is 5.02 Å². The SMILES string of the molecule is CC(C)CNCc1cn(Cc2ccncc2Cl)nn1. The van der Waals surface area contributed by atoms with Gasteiger partial charge >= 0.3 is 0 Å². The fourth-order valence-corrected chi connectivity index (χ4v) is 1.87. The fourth-order valence-electron chi connectivity index (χ4n) is 1.69. The van der Waals surface area contributed by atoms with Gasteiger partial charge in [0.05, 0.1) is 23.5 Å². The van der Waals surface area contributed by atoms with Crippen molar-refractivity contribution in [1.82, 2.24) is 25.3 Å². The second-order valence-corrected chi connectivity index (χ2v) is 5.31. The molecule has 0 saturated carbocycles. The first-order chi connectivity index (χ1) is 9.15. The number of pyridine rings is 1. The van der Waals surface area contributed by atoms with E-state index in [-0.39, 0.29) is 0 Å². The second-order valence-electron chi connectivity index (χ2n) is 4.90. The molecular weight excluding hydrogens is 262 g/mol. The molecule has 0 radical (unpaired) electrons. The minimum Gasteiger partial charge on any atom is -0.311 e. The number of rotatable bonds is 6. The van der Waals surface area contributed by atoms with E-state index in [1.165, 1.54) is 0 Å². The van der Waals surface area contributed by atoms with Crippen LogP contribution in [0, 0.1) is 5.92 Å². The molecule has 0 aliphatic rings. The Morgan fingerprint density at radius 3 is 3.00 bits per heavy atom.